The quantitative estimate of drug-likeness (QED) is 0.251. The van der Waals surface area contributed by atoms with Gasteiger partial charge in [-0.05, 0) is 48.0 Å². The van der Waals surface area contributed by atoms with Crippen LogP contribution in [0.5, 0.6) is 0 Å². The Hall–Kier alpha value is -2.02. The van der Waals surface area contributed by atoms with E-state index in [1.807, 2.05) is 0 Å². The third-order valence-electron chi connectivity index (χ3n) is 2.50. The third-order valence-corrected chi connectivity index (χ3v) is 2.88. The van der Waals surface area contributed by atoms with Crippen molar-refractivity contribution >= 4 is 40.9 Å². The highest BCUT2D eigenvalue weighted by molar-refractivity contribution is 6.27. The molecule has 27 heavy (non-hydrogen) atoms. The van der Waals surface area contributed by atoms with Crippen LogP contribution in [0, 0.1) is 5.92 Å². The molecule has 0 aromatic carbocycles. The van der Waals surface area contributed by atoms with Crippen LogP contribution in [0.15, 0.2) is 12.2 Å². The van der Waals surface area contributed by atoms with Crippen molar-refractivity contribution < 1.29 is 33.4 Å². The summed E-state index contributed by atoms with van der Waals surface area (Å²) in [4.78, 5) is 52.6. The largest absolute Gasteiger partial charge is 0.466 e. The Morgan fingerprint density at radius 2 is 1.33 bits per heavy atom. The smallest absolute Gasteiger partial charge is 0.316 e. The van der Waals surface area contributed by atoms with E-state index in [1.165, 1.54) is 20.8 Å². The summed E-state index contributed by atoms with van der Waals surface area (Å²) in [6.07, 6.45) is 0.280. The third kappa shape index (κ3) is 24.0. The van der Waals surface area contributed by atoms with E-state index in [9.17, 15) is 24.0 Å². The van der Waals surface area contributed by atoms with Crippen LogP contribution in [-0.2, 0) is 33.4 Å². The van der Waals surface area contributed by atoms with E-state index in [0.717, 1.165) is 5.57 Å². The number of hydrogen-bond acceptors (Lipinski definition) is 7. The number of ether oxygens (including phenoxy) is 2. The molecule has 0 radical (unpaired) electrons. The summed E-state index contributed by atoms with van der Waals surface area (Å²) in [5.74, 6) is -1.72. The number of carbonyl (C=O) groups is 5. The van der Waals surface area contributed by atoms with Crippen molar-refractivity contribution in [1.29, 1.82) is 0 Å². The van der Waals surface area contributed by atoms with Gasteiger partial charge in [0.15, 0.2) is 0 Å². The summed E-state index contributed by atoms with van der Waals surface area (Å²) >= 11 is 4.99. The molecule has 0 aromatic heterocycles. The van der Waals surface area contributed by atoms with Crippen LogP contribution in [0.25, 0.3) is 0 Å². The Labute approximate surface area is 166 Å². The summed E-state index contributed by atoms with van der Waals surface area (Å²) in [5, 5.41) is 0. The Morgan fingerprint density at radius 1 is 0.889 bits per heavy atom. The first-order chi connectivity index (χ1) is 12.4. The van der Waals surface area contributed by atoms with Gasteiger partial charge in [-0.2, -0.15) is 0 Å². The van der Waals surface area contributed by atoms with Gasteiger partial charge in [0.1, 0.15) is 29.7 Å². The average molecular weight is 407 g/mol. The Kier molecular flexibility index (Phi) is 20.7. The molecule has 0 aliphatic rings. The van der Waals surface area contributed by atoms with E-state index in [2.05, 4.69) is 11.3 Å². The number of rotatable bonds is 9. The number of carbonyl (C=O) groups excluding carboxylic acids is 5. The molecule has 0 N–H and O–H groups in total. The van der Waals surface area contributed by atoms with Gasteiger partial charge in [0.05, 0.1) is 19.1 Å². The number of halogens is 1. The molecule has 0 rings (SSSR count). The predicted molar refractivity (Wildman–Crippen MR) is 104 cm³/mol. The summed E-state index contributed by atoms with van der Waals surface area (Å²) < 4.78 is 9.26. The van der Waals surface area contributed by atoms with Gasteiger partial charge >= 0.3 is 11.9 Å². The molecule has 8 heteroatoms. The summed E-state index contributed by atoms with van der Waals surface area (Å²) in [5.41, 5.74) is 0.813. The Bertz CT molecular complexity index is 512. The molecule has 0 saturated carbocycles. The van der Waals surface area contributed by atoms with Crippen molar-refractivity contribution in [1.82, 2.24) is 0 Å². The average Bonchev–Trinajstić information content (AvgIpc) is 2.53. The van der Waals surface area contributed by atoms with Crippen LogP contribution >= 0.6 is 11.6 Å². The summed E-state index contributed by atoms with van der Waals surface area (Å²) in [7, 11) is 0. The molecule has 0 aliphatic heterocycles. The second kappa shape index (κ2) is 18.8. The number of Topliss-reactive ketones (excluding diaryl/α,β-unsaturated/α-hetero) is 3. The number of alkyl halides is 1. The molecule has 1 unspecified atom stereocenters. The van der Waals surface area contributed by atoms with Crippen molar-refractivity contribution in [3.8, 4) is 0 Å². The molecular formula is C19H31ClO7. The fourth-order valence-corrected chi connectivity index (χ4v) is 1.40. The number of ketones is 3. The van der Waals surface area contributed by atoms with Crippen molar-refractivity contribution in [2.75, 3.05) is 19.1 Å². The molecular weight excluding hydrogens is 376 g/mol. The molecule has 0 spiro atoms. The highest BCUT2D eigenvalue weighted by Gasteiger charge is 2.24. The van der Waals surface area contributed by atoms with Gasteiger partial charge in [0.2, 0.25) is 0 Å². The SMILES string of the molecule is C=C(C)CC(C(C)=O)C(=O)OCC.CC(=O)CCl.CCOC(=O)CC(C)=O. The maximum atomic E-state index is 11.2. The Balaban J connectivity index is -0.000000356. The molecule has 0 aromatic rings. The minimum Gasteiger partial charge on any atom is -0.466 e. The fourth-order valence-electron chi connectivity index (χ4n) is 1.40. The van der Waals surface area contributed by atoms with Crippen LogP contribution in [0.1, 0.15) is 54.4 Å². The number of hydrogen-bond donors (Lipinski definition) is 0. The molecule has 156 valence electrons. The van der Waals surface area contributed by atoms with Gasteiger partial charge in [-0.1, -0.05) is 5.57 Å². The second-order valence-electron chi connectivity index (χ2n) is 5.60. The van der Waals surface area contributed by atoms with E-state index >= 15 is 0 Å². The molecule has 0 amide bonds. The number of allylic oxidation sites excluding steroid dienone is 1. The zero-order valence-corrected chi connectivity index (χ0v) is 17.8. The van der Waals surface area contributed by atoms with Gasteiger partial charge in [-0.3, -0.25) is 24.0 Å². The lowest BCUT2D eigenvalue weighted by Crippen LogP contribution is -2.24. The Morgan fingerprint density at radius 3 is 1.59 bits per heavy atom. The highest BCUT2D eigenvalue weighted by Crippen LogP contribution is 2.12. The van der Waals surface area contributed by atoms with Gasteiger partial charge < -0.3 is 9.47 Å². The molecule has 0 aliphatic carbocycles. The summed E-state index contributed by atoms with van der Waals surface area (Å²) in [6, 6.07) is 0. The van der Waals surface area contributed by atoms with Crippen LogP contribution in [0.4, 0.5) is 0 Å². The van der Waals surface area contributed by atoms with Gasteiger partial charge in [0, 0.05) is 0 Å². The van der Waals surface area contributed by atoms with E-state index in [4.69, 9.17) is 16.3 Å². The topological polar surface area (TPSA) is 104 Å². The minimum atomic E-state index is -0.669. The van der Waals surface area contributed by atoms with Crippen molar-refractivity contribution in [3.63, 3.8) is 0 Å². The molecule has 0 heterocycles. The van der Waals surface area contributed by atoms with Crippen LogP contribution in [0.2, 0.25) is 0 Å². The maximum absolute atomic E-state index is 11.2. The highest BCUT2D eigenvalue weighted by atomic mass is 35.5. The first-order valence-corrected chi connectivity index (χ1v) is 8.98. The van der Waals surface area contributed by atoms with Crippen LogP contribution < -0.4 is 0 Å². The standard InChI is InChI=1S/C10H16O3.C6H10O3.C3H5ClO/c1-5-13-10(12)9(8(4)11)6-7(2)3;1-3-9-6(8)4-5(2)7;1-3(5)2-4/h9H,2,5-6H2,1,3-4H3;3-4H2,1-2H3;2H2,1H3. The first kappa shape index (κ1) is 29.7. The van der Waals surface area contributed by atoms with Crippen molar-refractivity contribution in [2.24, 2.45) is 5.92 Å². The lowest BCUT2D eigenvalue weighted by molar-refractivity contribution is -0.151. The van der Waals surface area contributed by atoms with Crippen LogP contribution in [-0.4, -0.2) is 48.4 Å². The molecule has 0 bridgehead atoms. The molecule has 7 nitrogen and oxygen atoms in total. The van der Waals surface area contributed by atoms with Crippen LogP contribution in [0.3, 0.4) is 0 Å². The second-order valence-corrected chi connectivity index (χ2v) is 5.86. The van der Waals surface area contributed by atoms with E-state index in [1.54, 1.807) is 20.8 Å². The van der Waals surface area contributed by atoms with Gasteiger partial charge in [0.25, 0.3) is 0 Å². The fraction of sp³-hybridized carbons (Fsp3) is 0.632. The minimum absolute atomic E-state index is 0.0201. The molecule has 0 fully saturated rings. The van der Waals surface area contributed by atoms with E-state index in [0.29, 0.717) is 19.6 Å². The van der Waals surface area contributed by atoms with E-state index in [-0.39, 0.29) is 29.7 Å². The zero-order chi connectivity index (χ0) is 22.0. The van der Waals surface area contributed by atoms with Crippen molar-refractivity contribution in [3.05, 3.63) is 12.2 Å². The molecule has 1 atom stereocenters. The monoisotopic (exact) mass is 406 g/mol. The predicted octanol–water partition coefficient (Wildman–Crippen LogP) is 3.06. The lowest BCUT2D eigenvalue weighted by Gasteiger charge is -2.11. The summed E-state index contributed by atoms with van der Waals surface area (Å²) in [6.45, 7) is 13.7. The maximum Gasteiger partial charge on any atom is 0.316 e. The van der Waals surface area contributed by atoms with Crippen molar-refractivity contribution in [2.45, 2.75) is 54.4 Å². The zero-order valence-electron chi connectivity index (χ0n) is 17.1. The van der Waals surface area contributed by atoms with Gasteiger partial charge in [-0.25, -0.2) is 0 Å². The first-order valence-electron chi connectivity index (χ1n) is 8.44. The number of esters is 2. The van der Waals surface area contributed by atoms with E-state index < -0.39 is 17.9 Å². The lowest BCUT2D eigenvalue weighted by atomic mass is 9.97. The molecule has 0 saturated heterocycles. The normalized spacial score (nSPS) is 10.0. The van der Waals surface area contributed by atoms with Gasteiger partial charge in [-0.15, -0.1) is 18.2 Å².